The van der Waals surface area contributed by atoms with Crippen LogP contribution in [0.1, 0.15) is 227 Å². The third-order valence-corrected chi connectivity index (χ3v) is 11.6. The second kappa shape index (κ2) is 41.2. The van der Waals surface area contributed by atoms with Gasteiger partial charge in [0, 0.05) is 57.0 Å². The van der Waals surface area contributed by atoms with Gasteiger partial charge >= 0.3 is 35.8 Å². The second-order valence-electron chi connectivity index (χ2n) is 18.1. The van der Waals surface area contributed by atoms with Gasteiger partial charge in [0.05, 0.1) is 39.3 Å². The SMILES string of the molecule is CCCCCCCCC(=O)OCC(COC(=O)CCCCCCCC)CC(=O)O[C@H]1CNC[C@H](OC(=O)CC(COC(=O)CCCCCCCC)COC(=O)CCCCCCCC)C1. The van der Waals surface area contributed by atoms with E-state index in [9.17, 15) is 28.8 Å². The molecular formula is C51H91NO12. The lowest BCUT2D eigenvalue weighted by Gasteiger charge is -2.30. The number of unbranched alkanes of at least 4 members (excludes halogenated alkanes) is 20. The molecule has 1 aliphatic heterocycles. The van der Waals surface area contributed by atoms with Gasteiger partial charge in [-0.2, -0.15) is 0 Å². The average Bonchev–Trinajstić information content (AvgIpc) is 3.27. The zero-order chi connectivity index (χ0) is 46.9. The minimum atomic E-state index is -0.591. The van der Waals surface area contributed by atoms with Crippen LogP contribution in [-0.2, 0) is 57.2 Å². The molecule has 0 aromatic rings. The smallest absolute Gasteiger partial charge is 0.306 e. The van der Waals surface area contributed by atoms with Gasteiger partial charge in [0.1, 0.15) is 12.2 Å². The van der Waals surface area contributed by atoms with E-state index >= 15 is 0 Å². The van der Waals surface area contributed by atoms with Crippen LogP contribution in [0.3, 0.4) is 0 Å². The summed E-state index contributed by atoms with van der Waals surface area (Å²) in [7, 11) is 0. The molecule has 0 aromatic heterocycles. The van der Waals surface area contributed by atoms with Crippen LogP contribution >= 0.6 is 0 Å². The Kier molecular flexibility index (Phi) is 37.9. The van der Waals surface area contributed by atoms with Gasteiger partial charge in [0.2, 0.25) is 0 Å². The summed E-state index contributed by atoms with van der Waals surface area (Å²) in [6.07, 6.45) is 25.1. The van der Waals surface area contributed by atoms with Crippen molar-refractivity contribution in [2.75, 3.05) is 39.5 Å². The number of ether oxygens (including phenoxy) is 6. The van der Waals surface area contributed by atoms with Crippen molar-refractivity contribution in [2.24, 2.45) is 11.8 Å². The Bertz CT molecular complexity index is 1070. The standard InChI is InChI=1S/C51H91NO12/c1-5-9-13-17-21-25-29-46(53)59-38-42(39-60-47(54)30-26-22-18-14-10-6-2)33-50(57)63-44-35-45(37-52-36-44)64-51(58)34-43(40-61-48(55)31-27-23-19-15-11-7-3)41-62-49(56)32-28-24-20-16-12-8-4/h42-45,52H,5-41H2,1-4H3/t44-,45-/m1/s1. The Balaban J connectivity index is 2.74. The number of hydrogen-bond acceptors (Lipinski definition) is 13. The molecule has 372 valence electrons. The monoisotopic (exact) mass is 910 g/mol. The number of esters is 6. The Hall–Kier alpha value is -3.22. The van der Waals surface area contributed by atoms with E-state index in [2.05, 4.69) is 33.0 Å². The van der Waals surface area contributed by atoms with Gasteiger partial charge in [-0.05, 0) is 25.7 Å². The predicted octanol–water partition coefficient (Wildman–Crippen LogP) is 11.0. The number of rotatable bonds is 42. The molecule has 0 amide bonds. The van der Waals surface area contributed by atoms with Crippen molar-refractivity contribution in [3.8, 4) is 0 Å². The van der Waals surface area contributed by atoms with E-state index in [4.69, 9.17) is 28.4 Å². The molecule has 0 saturated carbocycles. The molecule has 1 N–H and O–H groups in total. The van der Waals surface area contributed by atoms with E-state index in [-0.39, 0.29) is 69.6 Å². The van der Waals surface area contributed by atoms with Gasteiger partial charge in [-0.1, -0.05) is 156 Å². The van der Waals surface area contributed by atoms with Crippen molar-refractivity contribution in [1.29, 1.82) is 0 Å². The molecule has 2 atom stereocenters. The lowest BCUT2D eigenvalue weighted by atomic mass is 10.1. The van der Waals surface area contributed by atoms with E-state index in [0.29, 0.717) is 38.8 Å². The fourth-order valence-corrected chi connectivity index (χ4v) is 7.65. The van der Waals surface area contributed by atoms with Crippen molar-refractivity contribution >= 4 is 35.8 Å². The fourth-order valence-electron chi connectivity index (χ4n) is 7.65. The van der Waals surface area contributed by atoms with E-state index in [1.54, 1.807) is 0 Å². The highest BCUT2D eigenvalue weighted by Gasteiger charge is 2.30. The summed E-state index contributed by atoms with van der Waals surface area (Å²) in [6, 6.07) is 0. The zero-order valence-corrected chi connectivity index (χ0v) is 40.9. The van der Waals surface area contributed by atoms with Crippen LogP contribution < -0.4 is 5.32 Å². The molecule has 64 heavy (non-hydrogen) atoms. The maximum absolute atomic E-state index is 13.3. The Labute approximate surface area is 387 Å². The van der Waals surface area contributed by atoms with Crippen LogP contribution in [0.2, 0.25) is 0 Å². The molecule has 1 aliphatic rings. The largest absolute Gasteiger partial charge is 0.465 e. The van der Waals surface area contributed by atoms with Crippen molar-refractivity contribution in [1.82, 2.24) is 5.32 Å². The molecule has 1 fully saturated rings. The van der Waals surface area contributed by atoms with Gasteiger partial charge < -0.3 is 33.7 Å². The number of carbonyl (C=O) groups excluding carboxylic acids is 6. The molecule has 0 unspecified atom stereocenters. The summed E-state index contributed by atoms with van der Waals surface area (Å²) in [5.74, 6) is -3.57. The molecule has 1 rings (SSSR count). The first-order valence-corrected chi connectivity index (χ1v) is 25.8. The van der Waals surface area contributed by atoms with Gasteiger partial charge in [-0.15, -0.1) is 0 Å². The Morgan fingerprint density at radius 1 is 0.375 bits per heavy atom. The minimum absolute atomic E-state index is 0.0683. The first kappa shape index (κ1) is 58.8. The summed E-state index contributed by atoms with van der Waals surface area (Å²) in [5, 5.41) is 3.17. The maximum Gasteiger partial charge on any atom is 0.306 e. The fraction of sp³-hybridized carbons (Fsp3) is 0.882. The maximum atomic E-state index is 13.3. The first-order valence-electron chi connectivity index (χ1n) is 25.8. The van der Waals surface area contributed by atoms with Crippen LogP contribution in [-0.4, -0.2) is 87.5 Å². The molecule has 0 bridgehead atoms. The third-order valence-electron chi connectivity index (χ3n) is 11.6. The van der Waals surface area contributed by atoms with E-state index in [1.807, 2.05) is 0 Å². The number of hydrogen-bond donors (Lipinski definition) is 1. The Morgan fingerprint density at radius 3 is 0.891 bits per heavy atom. The highest BCUT2D eigenvalue weighted by molar-refractivity contribution is 5.72. The second-order valence-corrected chi connectivity index (χ2v) is 18.1. The lowest BCUT2D eigenvalue weighted by Crippen LogP contribution is -2.46. The summed E-state index contributed by atoms with van der Waals surface area (Å²) in [5.41, 5.74) is 0. The van der Waals surface area contributed by atoms with Gasteiger partial charge in [0.25, 0.3) is 0 Å². The third kappa shape index (κ3) is 35.1. The van der Waals surface area contributed by atoms with Crippen LogP contribution in [0.5, 0.6) is 0 Å². The quantitative estimate of drug-likeness (QED) is 0.0349. The number of piperidine rings is 1. The molecule has 13 heteroatoms. The minimum Gasteiger partial charge on any atom is -0.465 e. The van der Waals surface area contributed by atoms with Crippen LogP contribution in [0, 0.1) is 11.8 Å². The lowest BCUT2D eigenvalue weighted by molar-refractivity contribution is -0.163. The molecule has 1 saturated heterocycles. The highest BCUT2D eigenvalue weighted by atomic mass is 16.6. The molecule has 0 spiro atoms. The Morgan fingerprint density at radius 2 is 0.625 bits per heavy atom. The molecule has 1 heterocycles. The zero-order valence-electron chi connectivity index (χ0n) is 40.9. The van der Waals surface area contributed by atoms with Gasteiger partial charge in [0.15, 0.2) is 0 Å². The molecular weight excluding hydrogens is 819 g/mol. The molecule has 0 aliphatic carbocycles. The number of carbonyl (C=O) groups is 6. The first-order chi connectivity index (χ1) is 31.1. The topological polar surface area (TPSA) is 170 Å². The highest BCUT2D eigenvalue weighted by Crippen LogP contribution is 2.19. The van der Waals surface area contributed by atoms with Crippen molar-refractivity contribution in [3.05, 3.63) is 0 Å². The van der Waals surface area contributed by atoms with E-state index < -0.39 is 36.0 Å². The number of nitrogens with one attached hydrogen (secondary N) is 1. The summed E-state index contributed by atoms with van der Waals surface area (Å²) in [6.45, 7) is 9.09. The van der Waals surface area contributed by atoms with Crippen LogP contribution in [0.4, 0.5) is 0 Å². The van der Waals surface area contributed by atoms with Crippen LogP contribution in [0.15, 0.2) is 0 Å². The van der Waals surface area contributed by atoms with Crippen LogP contribution in [0.25, 0.3) is 0 Å². The molecule has 13 nitrogen and oxygen atoms in total. The van der Waals surface area contributed by atoms with E-state index in [1.165, 1.54) is 25.7 Å². The predicted molar refractivity (Wildman–Crippen MR) is 249 cm³/mol. The van der Waals surface area contributed by atoms with Gasteiger partial charge in [-0.25, -0.2) is 0 Å². The summed E-state index contributed by atoms with van der Waals surface area (Å²) < 4.78 is 33.8. The molecule has 0 radical (unpaired) electrons. The summed E-state index contributed by atoms with van der Waals surface area (Å²) in [4.78, 5) is 76.8. The normalized spacial score (nSPS) is 14.9. The van der Waals surface area contributed by atoms with Crippen molar-refractivity contribution < 1.29 is 57.2 Å². The molecule has 0 aromatic carbocycles. The van der Waals surface area contributed by atoms with E-state index in [0.717, 1.165) is 128 Å². The average molecular weight is 910 g/mol. The van der Waals surface area contributed by atoms with Gasteiger partial charge in [-0.3, -0.25) is 28.8 Å². The summed E-state index contributed by atoms with van der Waals surface area (Å²) >= 11 is 0. The van der Waals surface area contributed by atoms with Crippen molar-refractivity contribution in [2.45, 2.75) is 239 Å². The van der Waals surface area contributed by atoms with Crippen molar-refractivity contribution in [3.63, 3.8) is 0 Å².